The Labute approximate surface area is 184 Å². The summed E-state index contributed by atoms with van der Waals surface area (Å²) in [6, 6.07) is 7.60. The Bertz CT molecular complexity index is 1090. The van der Waals surface area contributed by atoms with Crippen LogP contribution in [0.25, 0.3) is 10.2 Å². The SMILES string of the molecule is COc1ccc(CNC2(C(=O)O)CCN(c3ncc4ccsc4n3)CC2C)cc1OC. The number of fused-ring (bicyclic) bond motifs is 1. The normalized spacial score (nSPS) is 21.3. The van der Waals surface area contributed by atoms with Gasteiger partial charge in [0.25, 0.3) is 0 Å². The van der Waals surface area contributed by atoms with E-state index in [-0.39, 0.29) is 5.92 Å². The summed E-state index contributed by atoms with van der Waals surface area (Å²) < 4.78 is 10.6. The molecular weight excluding hydrogens is 416 g/mol. The largest absolute Gasteiger partial charge is 0.493 e. The summed E-state index contributed by atoms with van der Waals surface area (Å²) in [4.78, 5) is 24.5. The number of anilines is 1. The van der Waals surface area contributed by atoms with Gasteiger partial charge in [0, 0.05) is 37.1 Å². The fraction of sp³-hybridized carbons (Fsp3) is 0.409. The van der Waals surface area contributed by atoms with Crippen molar-refractivity contribution in [2.24, 2.45) is 5.92 Å². The summed E-state index contributed by atoms with van der Waals surface area (Å²) in [5.74, 6) is 0.927. The van der Waals surface area contributed by atoms with Gasteiger partial charge in [-0.15, -0.1) is 11.3 Å². The molecule has 1 aromatic carbocycles. The Balaban J connectivity index is 1.50. The highest BCUT2D eigenvalue weighted by molar-refractivity contribution is 7.16. The van der Waals surface area contributed by atoms with Crippen LogP contribution in [0.5, 0.6) is 11.5 Å². The lowest BCUT2D eigenvalue weighted by Crippen LogP contribution is -2.63. The van der Waals surface area contributed by atoms with Crippen LogP contribution in [-0.4, -0.2) is 53.9 Å². The lowest BCUT2D eigenvalue weighted by atomic mass is 9.78. The summed E-state index contributed by atoms with van der Waals surface area (Å²) >= 11 is 1.58. The van der Waals surface area contributed by atoms with E-state index in [2.05, 4.69) is 20.2 Å². The predicted molar refractivity (Wildman–Crippen MR) is 120 cm³/mol. The molecule has 0 amide bonds. The third-order valence-electron chi connectivity index (χ3n) is 6.03. The first-order valence-corrected chi connectivity index (χ1v) is 11.0. The lowest BCUT2D eigenvalue weighted by molar-refractivity contribution is -0.148. The number of benzene rings is 1. The van der Waals surface area contributed by atoms with E-state index in [0.29, 0.717) is 43.5 Å². The van der Waals surface area contributed by atoms with Crippen LogP contribution in [0.3, 0.4) is 0 Å². The zero-order chi connectivity index (χ0) is 22.0. The lowest BCUT2D eigenvalue weighted by Gasteiger charge is -2.44. The molecule has 31 heavy (non-hydrogen) atoms. The Morgan fingerprint density at radius 2 is 2.13 bits per heavy atom. The van der Waals surface area contributed by atoms with Crippen LogP contribution in [0.1, 0.15) is 18.9 Å². The summed E-state index contributed by atoms with van der Waals surface area (Å²) in [5, 5.41) is 16.5. The number of aromatic nitrogens is 2. The number of methoxy groups -OCH3 is 2. The Morgan fingerprint density at radius 1 is 1.32 bits per heavy atom. The number of piperidine rings is 1. The van der Waals surface area contributed by atoms with Gasteiger partial charge in [-0.3, -0.25) is 10.1 Å². The molecule has 9 heteroatoms. The maximum absolute atomic E-state index is 12.4. The summed E-state index contributed by atoms with van der Waals surface area (Å²) in [6.45, 7) is 3.49. The van der Waals surface area contributed by atoms with Crippen molar-refractivity contribution in [2.45, 2.75) is 25.4 Å². The molecule has 2 aromatic heterocycles. The third kappa shape index (κ3) is 4.03. The molecular formula is C22H26N4O4S. The average Bonchev–Trinajstić information content (AvgIpc) is 3.25. The van der Waals surface area contributed by atoms with E-state index in [1.807, 2.05) is 42.8 Å². The molecule has 2 atom stereocenters. The van der Waals surface area contributed by atoms with Gasteiger partial charge in [-0.2, -0.15) is 0 Å². The second kappa shape index (κ2) is 8.68. The Kier molecular flexibility index (Phi) is 5.97. The number of carbonyl (C=O) groups is 1. The average molecular weight is 443 g/mol. The standard InChI is InChI=1S/C22H26N4O4S/c1-14-13-26(21-23-12-16-6-9-31-19(16)25-21)8-7-22(14,20(27)28)24-11-15-4-5-17(29-2)18(10-15)30-3/h4-6,9-10,12,14,24H,7-8,11,13H2,1-3H3,(H,27,28). The fourth-order valence-corrected chi connectivity index (χ4v) is 4.86. The van der Waals surface area contributed by atoms with Crippen molar-refractivity contribution in [3.8, 4) is 11.5 Å². The van der Waals surface area contributed by atoms with Gasteiger partial charge in [-0.05, 0) is 35.6 Å². The maximum atomic E-state index is 12.4. The second-order valence-corrected chi connectivity index (χ2v) is 8.66. The highest BCUT2D eigenvalue weighted by Gasteiger charge is 2.47. The number of carboxylic acids is 1. The van der Waals surface area contributed by atoms with E-state index in [1.165, 1.54) is 0 Å². The number of ether oxygens (including phenoxy) is 2. The number of hydrogen-bond acceptors (Lipinski definition) is 8. The molecule has 8 nitrogen and oxygen atoms in total. The van der Waals surface area contributed by atoms with Gasteiger partial charge >= 0.3 is 5.97 Å². The van der Waals surface area contributed by atoms with Crippen LogP contribution in [0.4, 0.5) is 5.95 Å². The van der Waals surface area contributed by atoms with Crippen LogP contribution in [0.2, 0.25) is 0 Å². The molecule has 1 saturated heterocycles. The zero-order valence-electron chi connectivity index (χ0n) is 17.8. The number of hydrogen-bond donors (Lipinski definition) is 2. The first-order valence-electron chi connectivity index (χ1n) is 10.1. The third-order valence-corrected chi connectivity index (χ3v) is 6.85. The first kappa shape index (κ1) is 21.3. The fourth-order valence-electron chi connectivity index (χ4n) is 4.12. The number of rotatable bonds is 7. The molecule has 0 spiro atoms. The molecule has 0 bridgehead atoms. The molecule has 1 aliphatic rings. The van der Waals surface area contributed by atoms with Crippen molar-refractivity contribution in [2.75, 3.05) is 32.2 Å². The van der Waals surface area contributed by atoms with E-state index < -0.39 is 11.5 Å². The van der Waals surface area contributed by atoms with Crippen molar-refractivity contribution in [3.63, 3.8) is 0 Å². The summed E-state index contributed by atoms with van der Waals surface area (Å²) in [7, 11) is 3.17. The number of aliphatic carboxylic acids is 1. The molecule has 4 rings (SSSR count). The van der Waals surface area contributed by atoms with Gasteiger partial charge in [-0.1, -0.05) is 13.0 Å². The molecule has 0 radical (unpaired) electrons. The van der Waals surface area contributed by atoms with E-state index in [1.54, 1.807) is 25.6 Å². The molecule has 2 N–H and O–H groups in total. The number of thiophene rings is 1. The minimum absolute atomic E-state index is 0.151. The van der Waals surface area contributed by atoms with Gasteiger partial charge in [-0.25, -0.2) is 9.97 Å². The molecule has 0 saturated carbocycles. The van der Waals surface area contributed by atoms with E-state index in [4.69, 9.17) is 9.47 Å². The van der Waals surface area contributed by atoms with Crippen LogP contribution in [0.15, 0.2) is 35.8 Å². The maximum Gasteiger partial charge on any atom is 0.324 e. The van der Waals surface area contributed by atoms with Gasteiger partial charge in [0.15, 0.2) is 11.5 Å². The van der Waals surface area contributed by atoms with E-state index >= 15 is 0 Å². The summed E-state index contributed by atoms with van der Waals surface area (Å²) in [6.07, 6.45) is 2.27. The Hall–Kier alpha value is -2.91. The molecule has 0 aliphatic carbocycles. The topological polar surface area (TPSA) is 96.8 Å². The van der Waals surface area contributed by atoms with Crippen molar-refractivity contribution in [1.82, 2.24) is 15.3 Å². The quantitative estimate of drug-likeness (QED) is 0.576. The van der Waals surface area contributed by atoms with Crippen LogP contribution < -0.4 is 19.7 Å². The smallest absolute Gasteiger partial charge is 0.324 e. The second-order valence-electron chi connectivity index (χ2n) is 7.77. The summed E-state index contributed by atoms with van der Waals surface area (Å²) in [5.41, 5.74) is -0.101. The van der Waals surface area contributed by atoms with Crippen molar-refractivity contribution < 1.29 is 19.4 Å². The van der Waals surface area contributed by atoms with Crippen LogP contribution >= 0.6 is 11.3 Å². The van der Waals surface area contributed by atoms with Gasteiger partial charge in [0.2, 0.25) is 5.95 Å². The van der Waals surface area contributed by atoms with Gasteiger partial charge < -0.3 is 19.5 Å². The molecule has 164 valence electrons. The molecule has 2 unspecified atom stereocenters. The number of nitrogens with one attached hydrogen (secondary N) is 1. The minimum Gasteiger partial charge on any atom is -0.493 e. The zero-order valence-corrected chi connectivity index (χ0v) is 18.6. The Morgan fingerprint density at radius 3 is 2.84 bits per heavy atom. The van der Waals surface area contributed by atoms with Crippen molar-refractivity contribution >= 4 is 33.5 Å². The highest BCUT2D eigenvalue weighted by Crippen LogP contribution is 2.32. The van der Waals surface area contributed by atoms with E-state index in [0.717, 1.165) is 15.8 Å². The van der Waals surface area contributed by atoms with Crippen molar-refractivity contribution in [3.05, 3.63) is 41.4 Å². The minimum atomic E-state index is -1.03. The number of carboxylic acid groups (broad SMARTS) is 1. The van der Waals surface area contributed by atoms with Crippen molar-refractivity contribution in [1.29, 1.82) is 0 Å². The molecule has 3 aromatic rings. The molecule has 1 fully saturated rings. The van der Waals surface area contributed by atoms with Crippen LogP contribution in [-0.2, 0) is 11.3 Å². The monoisotopic (exact) mass is 442 g/mol. The van der Waals surface area contributed by atoms with Gasteiger partial charge in [0.05, 0.1) is 14.2 Å². The highest BCUT2D eigenvalue weighted by atomic mass is 32.1. The first-order chi connectivity index (χ1) is 15.0. The predicted octanol–water partition coefficient (Wildman–Crippen LogP) is 3.17. The van der Waals surface area contributed by atoms with Crippen LogP contribution in [0, 0.1) is 5.92 Å². The van der Waals surface area contributed by atoms with Gasteiger partial charge in [0.1, 0.15) is 10.4 Å². The van der Waals surface area contributed by atoms with E-state index in [9.17, 15) is 9.90 Å². The number of nitrogens with zero attached hydrogens (tertiary/aromatic N) is 3. The molecule has 3 heterocycles. The molecule has 1 aliphatic heterocycles.